The van der Waals surface area contributed by atoms with Crippen LogP contribution in [0.4, 0.5) is 4.39 Å². The lowest BCUT2D eigenvalue weighted by atomic mass is 9.79. The number of hydrogen-bond acceptors (Lipinski definition) is 2. The quantitative estimate of drug-likeness (QED) is 0.824. The molecule has 4 heteroatoms. The molecule has 1 N–H and O–H groups in total. The lowest BCUT2D eigenvalue weighted by Gasteiger charge is -2.30. The van der Waals surface area contributed by atoms with Crippen LogP contribution in [0.5, 0.6) is 0 Å². The van der Waals surface area contributed by atoms with Gasteiger partial charge in [-0.15, -0.1) is 0 Å². The minimum atomic E-state index is -1.40. The molecule has 2 rings (SSSR count). The Kier molecular flexibility index (Phi) is 3.50. The molecule has 0 unspecified atom stereocenters. The Labute approximate surface area is 104 Å². The Balaban J connectivity index is 2.30. The van der Waals surface area contributed by atoms with Gasteiger partial charge in [-0.1, -0.05) is 30.9 Å². The summed E-state index contributed by atoms with van der Waals surface area (Å²) in [4.78, 5) is 12.1. The standard InChI is InChI=1S/C13H14ClFO2/c14-9-4-5-10(11(15)8-9)12(16)13(17)6-2-1-3-7-13/h4-5,8,17H,1-3,6-7H2. The van der Waals surface area contributed by atoms with Crippen LogP contribution in [0.3, 0.4) is 0 Å². The van der Waals surface area contributed by atoms with Crippen LogP contribution in [0.1, 0.15) is 42.5 Å². The van der Waals surface area contributed by atoms with E-state index in [-0.39, 0.29) is 10.6 Å². The molecule has 1 aliphatic carbocycles. The molecule has 1 saturated carbocycles. The maximum Gasteiger partial charge on any atom is 0.197 e. The summed E-state index contributed by atoms with van der Waals surface area (Å²) in [5, 5.41) is 10.5. The third-order valence-corrected chi connectivity index (χ3v) is 3.51. The van der Waals surface area contributed by atoms with Crippen LogP contribution in [0, 0.1) is 5.82 Å². The average molecular weight is 257 g/mol. The first kappa shape index (κ1) is 12.5. The van der Waals surface area contributed by atoms with E-state index in [0.29, 0.717) is 12.8 Å². The molecule has 0 saturated heterocycles. The van der Waals surface area contributed by atoms with Crippen molar-refractivity contribution in [1.29, 1.82) is 0 Å². The zero-order valence-electron chi connectivity index (χ0n) is 9.38. The summed E-state index contributed by atoms with van der Waals surface area (Å²) in [5.74, 6) is -1.19. The molecule has 0 atom stereocenters. The molecule has 0 bridgehead atoms. The summed E-state index contributed by atoms with van der Waals surface area (Å²) < 4.78 is 13.6. The van der Waals surface area contributed by atoms with Crippen molar-refractivity contribution in [3.05, 3.63) is 34.6 Å². The fourth-order valence-corrected chi connectivity index (χ4v) is 2.45. The summed E-state index contributed by atoms with van der Waals surface area (Å²) in [7, 11) is 0. The van der Waals surface area contributed by atoms with Gasteiger partial charge in [0.05, 0.1) is 5.56 Å². The number of benzene rings is 1. The number of carbonyl (C=O) groups is 1. The van der Waals surface area contributed by atoms with Crippen molar-refractivity contribution in [2.75, 3.05) is 0 Å². The Morgan fingerprint density at radius 3 is 2.53 bits per heavy atom. The van der Waals surface area contributed by atoms with Gasteiger partial charge < -0.3 is 5.11 Å². The van der Waals surface area contributed by atoms with E-state index in [2.05, 4.69) is 0 Å². The molecule has 1 aromatic rings. The number of aliphatic hydroxyl groups is 1. The van der Waals surface area contributed by atoms with Crippen molar-refractivity contribution in [2.45, 2.75) is 37.7 Å². The second-order valence-electron chi connectivity index (χ2n) is 4.55. The van der Waals surface area contributed by atoms with Crippen molar-refractivity contribution in [1.82, 2.24) is 0 Å². The first-order chi connectivity index (χ1) is 8.03. The smallest absolute Gasteiger partial charge is 0.197 e. The predicted molar refractivity (Wildman–Crippen MR) is 63.8 cm³/mol. The molecular formula is C13H14ClFO2. The third-order valence-electron chi connectivity index (χ3n) is 3.28. The number of Topliss-reactive ketones (excluding diaryl/α,β-unsaturated/α-hetero) is 1. The number of ketones is 1. The van der Waals surface area contributed by atoms with E-state index in [1.54, 1.807) is 0 Å². The van der Waals surface area contributed by atoms with Crippen molar-refractivity contribution in [2.24, 2.45) is 0 Å². The van der Waals surface area contributed by atoms with E-state index < -0.39 is 17.2 Å². The van der Waals surface area contributed by atoms with Gasteiger partial charge in [0.15, 0.2) is 5.78 Å². The highest BCUT2D eigenvalue weighted by Crippen LogP contribution is 2.32. The van der Waals surface area contributed by atoms with Gasteiger partial charge in [0, 0.05) is 5.02 Å². The van der Waals surface area contributed by atoms with E-state index in [1.165, 1.54) is 12.1 Å². The second-order valence-corrected chi connectivity index (χ2v) is 4.98. The summed E-state index contributed by atoms with van der Waals surface area (Å²) in [6, 6.07) is 3.90. The Hall–Kier alpha value is -0.930. The van der Waals surface area contributed by atoms with Crippen LogP contribution in [0.2, 0.25) is 5.02 Å². The van der Waals surface area contributed by atoms with Crippen LogP contribution in [0.15, 0.2) is 18.2 Å². The lowest BCUT2D eigenvalue weighted by molar-refractivity contribution is 0.0113. The van der Waals surface area contributed by atoms with Crippen LogP contribution in [0.25, 0.3) is 0 Å². The summed E-state index contributed by atoms with van der Waals surface area (Å²) >= 11 is 5.63. The van der Waals surface area contributed by atoms with E-state index in [1.807, 2.05) is 0 Å². The summed E-state index contributed by atoms with van der Waals surface area (Å²) in [6.07, 6.45) is 3.44. The predicted octanol–water partition coefficient (Wildman–Crippen LogP) is 3.36. The number of carbonyl (C=O) groups excluding carboxylic acids is 1. The monoisotopic (exact) mass is 256 g/mol. The largest absolute Gasteiger partial charge is 0.382 e. The summed E-state index contributed by atoms with van der Waals surface area (Å²) in [6.45, 7) is 0. The van der Waals surface area contributed by atoms with Crippen LogP contribution >= 0.6 is 11.6 Å². The normalized spacial score (nSPS) is 19.0. The molecule has 1 fully saturated rings. The zero-order chi connectivity index (χ0) is 12.5. The van der Waals surface area contributed by atoms with Crippen LogP contribution in [-0.4, -0.2) is 16.5 Å². The maximum atomic E-state index is 13.6. The van der Waals surface area contributed by atoms with E-state index >= 15 is 0 Å². The van der Waals surface area contributed by atoms with E-state index in [4.69, 9.17) is 11.6 Å². The van der Waals surface area contributed by atoms with E-state index in [9.17, 15) is 14.3 Å². The van der Waals surface area contributed by atoms with Gasteiger partial charge in [0.2, 0.25) is 0 Å². The van der Waals surface area contributed by atoms with Gasteiger partial charge in [0.25, 0.3) is 0 Å². The molecule has 1 aromatic carbocycles. The number of halogens is 2. The molecule has 17 heavy (non-hydrogen) atoms. The molecule has 0 heterocycles. The molecular weight excluding hydrogens is 243 g/mol. The highest BCUT2D eigenvalue weighted by atomic mass is 35.5. The van der Waals surface area contributed by atoms with Crippen molar-refractivity contribution in [3.63, 3.8) is 0 Å². The van der Waals surface area contributed by atoms with Gasteiger partial charge >= 0.3 is 0 Å². The first-order valence-corrected chi connectivity index (χ1v) is 6.13. The molecule has 0 aromatic heterocycles. The average Bonchev–Trinajstić information content (AvgIpc) is 2.29. The van der Waals surface area contributed by atoms with Gasteiger partial charge in [-0.3, -0.25) is 4.79 Å². The molecule has 0 amide bonds. The lowest BCUT2D eigenvalue weighted by Crippen LogP contribution is -2.40. The fourth-order valence-electron chi connectivity index (χ4n) is 2.29. The van der Waals surface area contributed by atoms with E-state index in [0.717, 1.165) is 25.3 Å². The summed E-state index contributed by atoms with van der Waals surface area (Å²) in [5.41, 5.74) is -1.47. The fraction of sp³-hybridized carbons (Fsp3) is 0.462. The maximum absolute atomic E-state index is 13.6. The van der Waals surface area contributed by atoms with Gasteiger partial charge in [0.1, 0.15) is 11.4 Å². The van der Waals surface area contributed by atoms with Crippen molar-refractivity contribution < 1.29 is 14.3 Å². The number of hydrogen-bond donors (Lipinski definition) is 1. The Morgan fingerprint density at radius 1 is 1.29 bits per heavy atom. The van der Waals surface area contributed by atoms with Crippen LogP contribution < -0.4 is 0 Å². The SMILES string of the molecule is O=C(c1ccc(Cl)cc1F)C1(O)CCCCC1. The highest BCUT2D eigenvalue weighted by Gasteiger charge is 2.38. The number of rotatable bonds is 2. The Bertz CT molecular complexity index is 439. The van der Waals surface area contributed by atoms with Gasteiger partial charge in [-0.25, -0.2) is 4.39 Å². The topological polar surface area (TPSA) is 37.3 Å². The molecule has 1 aliphatic rings. The molecule has 92 valence electrons. The highest BCUT2D eigenvalue weighted by molar-refractivity contribution is 6.30. The minimum Gasteiger partial charge on any atom is -0.382 e. The minimum absolute atomic E-state index is 0.0706. The molecule has 0 radical (unpaired) electrons. The zero-order valence-corrected chi connectivity index (χ0v) is 10.1. The second kappa shape index (κ2) is 4.75. The van der Waals surface area contributed by atoms with Gasteiger partial charge in [-0.05, 0) is 31.0 Å². The van der Waals surface area contributed by atoms with Crippen LogP contribution in [-0.2, 0) is 0 Å². The molecule has 2 nitrogen and oxygen atoms in total. The van der Waals surface area contributed by atoms with Crippen molar-refractivity contribution >= 4 is 17.4 Å². The molecule has 0 aliphatic heterocycles. The Morgan fingerprint density at radius 2 is 1.94 bits per heavy atom. The third kappa shape index (κ3) is 2.50. The van der Waals surface area contributed by atoms with Crippen molar-refractivity contribution in [3.8, 4) is 0 Å². The molecule has 0 spiro atoms. The first-order valence-electron chi connectivity index (χ1n) is 5.75. The van der Waals surface area contributed by atoms with Gasteiger partial charge in [-0.2, -0.15) is 0 Å².